The summed E-state index contributed by atoms with van der Waals surface area (Å²) in [6, 6.07) is 0.926. The lowest BCUT2D eigenvalue weighted by molar-refractivity contribution is -0.124. The van der Waals surface area contributed by atoms with Gasteiger partial charge in [0.05, 0.1) is 0 Å². The van der Waals surface area contributed by atoms with Crippen LogP contribution in [0.2, 0.25) is 0 Å². The van der Waals surface area contributed by atoms with E-state index in [9.17, 15) is 19.2 Å². The number of hydrogen-bond acceptors (Lipinski definition) is 7. The van der Waals surface area contributed by atoms with E-state index in [1.165, 1.54) is 12.4 Å². The molecule has 1 aliphatic heterocycles. The Labute approximate surface area is 203 Å². The van der Waals surface area contributed by atoms with E-state index in [4.69, 9.17) is 4.42 Å². The molecule has 0 unspecified atom stereocenters. The van der Waals surface area contributed by atoms with E-state index in [2.05, 4.69) is 31.2 Å². The van der Waals surface area contributed by atoms with Crippen molar-refractivity contribution in [2.45, 2.75) is 65.1 Å². The van der Waals surface area contributed by atoms with E-state index < -0.39 is 35.8 Å². The van der Waals surface area contributed by atoms with Gasteiger partial charge in [0.1, 0.15) is 23.9 Å². The van der Waals surface area contributed by atoms with Crippen LogP contribution in [0.3, 0.4) is 0 Å². The van der Waals surface area contributed by atoms with Crippen LogP contribution in [0.1, 0.15) is 78.6 Å². The lowest BCUT2D eigenvalue weighted by Gasteiger charge is -2.24. The van der Waals surface area contributed by atoms with Crippen LogP contribution in [-0.4, -0.2) is 52.2 Å². The molecule has 11 nitrogen and oxygen atoms in total. The first-order valence-electron chi connectivity index (χ1n) is 11.7. The number of amides is 4. The molecule has 3 rings (SSSR count). The fraction of sp³-hybridized carbons (Fsp3) is 0.500. The Hall–Kier alpha value is -3.76. The second-order valence-electron chi connectivity index (χ2n) is 8.93. The number of fused-ring (bicyclic) bond motifs is 2. The minimum absolute atomic E-state index is 0.0502. The Morgan fingerprint density at radius 3 is 2.51 bits per heavy atom. The van der Waals surface area contributed by atoms with E-state index in [-0.39, 0.29) is 29.2 Å². The normalized spacial score (nSPS) is 22.2. The SMILES string of the molecule is Cc1oc2nc1C(=O)N[C@H](C)C(=O)NCCCC[C@H](NC(=O)c1ccncc1)C(=O)N[C@H]2C(C)C. The van der Waals surface area contributed by atoms with Gasteiger partial charge in [0.15, 0.2) is 5.69 Å². The molecule has 0 radical (unpaired) electrons. The van der Waals surface area contributed by atoms with Crippen LogP contribution in [-0.2, 0) is 9.59 Å². The van der Waals surface area contributed by atoms with Gasteiger partial charge in [0, 0.05) is 24.5 Å². The monoisotopic (exact) mass is 484 g/mol. The Bertz CT molecular complexity index is 1070. The zero-order valence-corrected chi connectivity index (χ0v) is 20.4. The maximum Gasteiger partial charge on any atom is 0.274 e. The Morgan fingerprint density at radius 1 is 1.11 bits per heavy atom. The highest BCUT2D eigenvalue weighted by molar-refractivity contribution is 5.98. The topological polar surface area (TPSA) is 155 Å². The molecule has 0 aromatic carbocycles. The van der Waals surface area contributed by atoms with Gasteiger partial charge in [-0.3, -0.25) is 24.2 Å². The van der Waals surface area contributed by atoms with E-state index in [1.807, 2.05) is 13.8 Å². The summed E-state index contributed by atoms with van der Waals surface area (Å²) < 4.78 is 5.75. The maximum atomic E-state index is 13.3. The Morgan fingerprint density at radius 2 is 1.83 bits per heavy atom. The molecule has 0 fully saturated rings. The van der Waals surface area contributed by atoms with Crippen molar-refractivity contribution in [2.24, 2.45) is 5.92 Å². The molecule has 11 heteroatoms. The predicted molar refractivity (Wildman–Crippen MR) is 126 cm³/mol. The predicted octanol–water partition coefficient (Wildman–Crippen LogP) is 1.41. The average Bonchev–Trinajstić information content (AvgIpc) is 3.22. The number of carbonyl (C=O) groups is 4. The highest BCUT2D eigenvalue weighted by Gasteiger charge is 2.31. The summed E-state index contributed by atoms with van der Waals surface area (Å²) >= 11 is 0. The first-order chi connectivity index (χ1) is 16.7. The number of oxazole rings is 1. The highest BCUT2D eigenvalue weighted by atomic mass is 16.4. The van der Waals surface area contributed by atoms with Crippen molar-refractivity contribution >= 4 is 23.6 Å². The number of pyridine rings is 1. The third-order valence-corrected chi connectivity index (χ3v) is 5.78. The van der Waals surface area contributed by atoms with Crippen LogP contribution in [0.15, 0.2) is 28.9 Å². The molecule has 0 aliphatic carbocycles. The molecule has 35 heavy (non-hydrogen) atoms. The van der Waals surface area contributed by atoms with Gasteiger partial charge in [-0.2, -0.15) is 0 Å². The van der Waals surface area contributed by atoms with E-state index in [0.29, 0.717) is 31.4 Å². The van der Waals surface area contributed by atoms with Crippen molar-refractivity contribution in [3.8, 4) is 0 Å². The lowest BCUT2D eigenvalue weighted by atomic mass is 10.0. The molecule has 4 amide bonds. The number of aryl methyl sites for hydroxylation is 1. The molecule has 0 saturated heterocycles. The summed E-state index contributed by atoms with van der Waals surface area (Å²) in [7, 11) is 0. The molecular formula is C24H32N6O5. The van der Waals surface area contributed by atoms with Crippen LogP contribution in [0.25, 0.3) is 0 Å². The molecule has 0 saturated carbocycles. The molecule has 2 bridgehead atoms. The summed E-state index contributed by atoms with van der Waals surface area (Å²) in [5.74, 6) is -1.31. The number of rotatable bonds is 3. The van der Waals surface area contributed by atoms with Gasteiger partial charge in [-0.1, -0.05) is 13.8 Å². The minimum Gasteiger partial charge on any atom is -0.443 e. The molecule has 1 aliphatic rings. The van der Waals surface area contributed by atoms with Gasteiger partial charge in [0.2, 0.25) is 17.7 Å². The van der Waals surface area contributed by atoms with Gasteiger partial charge >= 0.3 is 0 Å². The fourth-order valence-electron chi connectivity index (χ4n) is 3.71. The van der Waals surface area contributed by atoms with Crippen LogP contribution in [0, 0.1) is 12.8 Å². The van der Waals surface area contributed by atoms with Gasteiger partial charge in [-0.25, -0.2) is 4.98 Å². The number of nitrogens with one attached hydrogen (secondary N) is 4. The second kappa shape index (κ2) is 11.6. The number of aromatic nitrogens is 2. The summed E-state index contributed by atoms with van der Waals surface area (Å²) in [6.07, 6.45) is 4.54. The van der Waals surface area contributed by atoms with E-state index >= 15 is 0 Å². The molecule has 0 spiro atoms. The summed E-state index contributed by atoms with van der Waals surface area (Å²) in [6.45, 7) is 7.34. The molecule has 2 aromatic rings. The molecule has 3 atom stereocenters. The fourth-order valence-corrected chi connectivity index (χ4v) is 3.71. The lowest BCUT2D eigenvalue weighted by Crippen LogP contribution is -2.48. The third-order valence-electron chi connectivity index (χ3n) is 5.78. The zero-order chi connectivity index (χ0) is 25.5. The van der Waals surface area contributed by atoms with Crippen LogP contribution < -0.4 is 21.3 Å². The van der Waals surface area contributed by atoms with Crippen LogP contribution in [0.4, 0.5) is 0 Å². The molecular weight excluding hydrogens is 452 g/mol. The standard InChI is InChI=1S/C24H32N6O5/c1-13(2)18-24-30-19(15(4)35-24)23(34)27-14(3)20(31)26-10-6-5-7-17(22(33)29-18)28-21(32)16-8-11-25-12-9-16/h8-9,11-14,17-18H,5-7,10H2,1-4H3,(H,26,31)(H,27,34)(H,28,32)(H,29,33)/t14-,17+,18+/m1/s1. The van der Waals surface area contributed by atoms with Crippen molar-refractivity contribution in [1.29, 1.82) is 0 Å². The Balaban J connectivity index is 1.89. The van der Waals surface area contributed by atoms with Crippen LogP contribution >= 0.6 is 0 Å². The van der Waals surface area contributed by atoms with Crippen molar-refractivity contribution in [1.82, 2.24) is 31.2 Å². The van der Waals surface area contributed by atoms with E-state index in [1.54, 1.807) is 26.0 Å². The minimum atomic E-state index is -0.821. The van der Waals surface area contributed by atoms with Crippen molar-refractivity contribution in [3.63, 3.8) is 0 Å². The third kappa shape index (κ3) is 6.65. The van der Waals surface area contributed by atoms with Gasteiger partial charge in [-0.05, 0) is 51.2 Å². The maximum absolute atomic E-state index is 13.3. The molecule has 3 heterocycles. The van der Waals surface area contributed by atoms with Gasteiger partial charge in [-0.15, -0.1) is 0 Å². The van der Waals surface area contributed by atoms with E-state index in [0.717, 1.165) is 0 Å². The smallest absolute Gasteiger partial charge is 0.274 e. The first kappa shape index (κ1) is 25.9. The molecule has 2 aromatic heterocycles. The summed E-state index contributed by atoms with van der Waals surface area (Å²) in [5, 5.41) is 11.1. The van der Waals surface area contributed by atoms with Gasteiger partial charge in [0.25, 0.3) is 11.8 Å². The Kier molecular flexibility index (Phi) is 8.56. The summed E-state index contributed by atoms with van der Waals surface area (Å²) in [5.41, 5.74) is 0.440. The number of nitrogens with zero attached hydrogens (tertiary/aromatic N) is 2. The first-order valence-corrected chi connectivity index (χ1v) is 11.7. The van der Waals surface area contributed by atoms with Crippen molar-refractivity contribution < 1.29 is 23.6 Å². The largest absolute Gasteiger partial charge is 0.443 e. The quantitative estimate of drug-likeness (QED) is 0.513. The number of carbonyl (C=O) groups excluding carboxylic acids is 4. The molecule has 188 valence electrons. The molecule has 4 N–H and O–H groups in total. The zero-order valence-electron chi connectivity index (χ0n) is 20.4. The number of hydrogen-bond donors (Lipinski definition) is 4. The van der Waals surface area contributed by atoms with Crippen molar-refractivity contribution in [3.05, 3.63) is 47.4 Å². The van der Waals surface area contributed by atoms with Crippen molar-refractivity contribution in [2.75, 3.05) is 6.54 Å². The van der Waals surface area contributed by atoms with Gasteiger partial charge < -0.3 is 25.7 Å². The second-order valence-corrected chi connectivity index (χ2v) is 8.93. The van der Waals surface area contributed by atoms with Crippen LogP contribution in [0.5, 0.6) is 0 Å². The summed E-state index contributed by atoms with van der Waals surface area (Å²) in [4.78, 5) is 59.3. The average molecular weight is 485 g/mol. The highest BCUT2D eigenvalue weighted by Crippen LogP contribution is 2.24.